The number of benzene rings is 6. The summed E-state index contributed by atoms with van der Waals surface area (Å²) >= 11 is -2.22. The van der Waals surface area contributed by atoms with E-state index in [2.05, 4.69) is 67.5 Å². The Morgan fingerprint density at radius 2 is 0.541 bits per heavy atom. The number of nitrogens with one attached hydrogen (secondary N) is 4. The number of fused-ring (bicyclic) bond motifs is 3. The molecule has 0 radical (unpaired) electrons. The molecule has 53 N–H and O–H groups in total. The molecule has 0 saturated carbocycles. The number of aromatic amines is 3. The van der Waals surface area contributed by atoms with Gasteiger partial charge in [-0.05, 0) is 141 Å². The third-order valence-corrected chi connectivity index (χ3v) is 13.1. The molecule has 0 aliphatic rings. The molecule has 68 heteroatoms. The standard InChI is InChI=1S/2C15H13N2O2.C15H14N2O.C8H19N.CH3O2Si.Al.H2O3Si.24H2O2.2H2/c2*18-9-10-19-12-7-5-11(6-8-12)15-16-13-3-1-2-4-14(13)17-15;1-2-18-12-9-7-11(8-10-12)15-16-13-5-3-4-6-14(13)17-15;1-7(2)5-9-6-8(3)4;1-3-4-2;;1-3-4-2;24*1-2;;/h2*1-8H,9-10H2,(H,16,17);3-10H,2H2,1H3,(H,16,17);7-9H,5-6H2,1-4H3;4H,1H2;;1,4H;24*1-2H;2*1H/q2*-1;;;;+2;;;;;;;;;;;;;;;;;;;;;;;;;;;. The highest BCUT2D eigenvalue weighted by molar-refractivity contribution is 6.44. The van der Waals surface area contributed by atoms with Crippen LogP contribution in [0.2, 0.25) is 0 Å². The quantitative estimate of drug-likeness (QED) is 0.0122. The van der Waals surface area contributed by atoms with Crippen LogP contribution in [-0.4, -0.2) is 373 Å². The van der Waals surface area contributed by atoms with E-state index in [1.54, 1.807) is 0 Å². The fraction of sp³-hybridized carbons (Fsp3) is 0.278. The minimum absolute atomic E-state index is 0. The molecule has 122 heavy (non-hydrogen) atoms. The number of nitrogens with zero attached hydrogens (tertiary/aromatic N) is 3. The van der Waals surface area contributed by atoms with Crippen molar-refractivity contribution >= 4 is 67.2 Å². The van der Waals surface area contributed by atoms with Crippen LogP contribution in [0.15, 0.2) is 146 Å². The summed E-state index contributed by atoms with van der Waals surface area (Å²) < 4.78 is 56.9. The van der Waals surface area contributed by atoms with Crippen molar-refractivity contribution in [3.05, 3.63) is 146 Å². The van der Waals surface area contributed by atoms with Crippen LogP contribution in [0.3, 0.4) is 0 Å². The van der Waals surface area contributed by atoms with Crippen molar-refractivity contribution in [2.24, 2.45) is 11.8 Å². The molecule has 0 bridgehead atoms. The minimum Gasteiger partial charge on any atom is -0.535 e. The molecule has 9 rings (SSSR count). The molecule has 9 aromatic rings. The predicted molar refractivity (Wildman–Crippen MR) is 423 cm³/mol. The van der Waals surface area contributed by atoms with Gasteiger partial charge in [-0.3, -0.25) is 252 Å². The first-order valence-corrected chi connectivity index (χ1v) is 32.9. The fourth-order valence-electron chi connectivity index (χ4n) is 7.16. The first-order valence-electron chi connectivity index (χ1n) is 29.2. The maximum absolute atomic E-state index is 10.9. The van der Waals surface area contributed by atoms with E-state index in [9.17, 15) is 4.46 Å². The average Bonchev–Trinajstić information content (AvgIpc) is 1.70. The van der Waals surface area contributed by atoms with Crippen LogP contribution >= 0.6 is 0 Å². The number of ether oxygens (including phenoxy) is 3. The van der Waals surface area contributed by atoms with Crippen LogP contribution < -0.4 is 19.5 Å². The zero-order valence-corrected chi connectivity index (χ0v) is 67.3. The summed E-state index contributed by atoms with van der Waals surface area (Å²) in [5, 5.41) is 298. The highest BCUT2D eigenvalue weighted by atomic mass is 28.2. The normalized spacial score (nSPS) is 7.67. The smallest absolute Gasteiger partial charge is 0.535 e. The Kier molecular flexibility index (Phi) is 210. The number of rotatable bonds is 23. The lowest BCUT2D eigenvalue weighted by Gasteiger charge is -2.14. The highest BCUT2D eigenvalue weighted by Gasteiger charge is 2.26. The first kappa shape index (κ1) is 161. The Morgan fingerprint density at radius 1 is 0.328 bits per heavy atom. The van der Waals surface area contributed by atoms with Crippen molar-refractivity contribution in [1.82, 2.24) is 35.2 Å². The van der Waals surface area contributed by atoms with Gasteiger partial charge >= 0.3 is 34.1 Å². The second-order valence-corrected chi connectivity index (χ2v) is 20.0. The molecule has 726 valence electrons. The lowest BCUT2D eigenvalue weighted by atomic mass is 10.2. The Morgan fingerprint density at radius 3 is 0.730 bits per heavy atom. The van der Waals surface area contributed by atoms with Gasteiger partial charge in [-0.15, -0.1) is 0 Å². The molecular formula is C54H116AlN7O58Si2. The van der Waals surface area contributed by atoms with Gasteiger partial charge in [-0.2, -0.15) is 0 Å². The van der Waals surface area contributed by atoms with Gasteiger partial charge in [-0.25, -0.2) is 20.2 Å². The Hall–Kier alpha value is -8.78. The van der Waals surface area contributed by atoms with Crippen molar-refractivity contribution in [1.29, 1.82) is 0 Å². The number of para-hydroxylation sites is 6. The predicted octanol–water partition coefficient (Wildman–Crippen LogP) is 10.6. The van der Waals surface area contributed by atoms with Crippen molar-refractivity contribution in [2.75, 3.05) is 51.6 Å². The largest absolute Gasteiger partial charge is 0.714 e. The monoisotopic (exact) mass is 1870 g/mol. The van der Waals surface area contributed by atoms with Gasteiger partial charge in [0.2, 0.25) is 0 Å². The highest BCUT2D eigenvalue weighted by Crippen LogP contribution is 2.26. The molecule has 0 fully saturated rings. The van der Waals surface area contributed by atoms with Crippen molar-refractivity contribution < 1.29 is 300 Å². The summed E-state index contributed by atoms with van der Waals surface area (Å²) in [7, 11) is -2.74. The van der Waals surface area contributed by atoms with E-state index in [0.29, 0.717) is 33.0 Å². The van der Waals surface area contributed by atoms with Gasteiger partial charge in [0, 0.05) is 19.5 Å². The topological polar surface area (TPSA) is 1190 Å². The van der Waals surface area contributed by atoms with E-state index in [1.165, 1.54) is 0 Å². The summed E-state index contributed by atoms with van der Waals surface area (Å²) in [5.74, 6) is 6.41. The molecule has 0 unspecified atom stereocenters. The molecule has 0 amide bonds. The van der Waals surface area contributed by atoms with Crippen LogP contribution in [0.25, 0.3) is 67.3 Å². The zero-order chi connectivity index (χ0) is 100. The van der Waals surface area contributed by atoms with Crippen LogP contribution in [0.4, 0.5) is 0 Å². The van der Waals surface area contributed by atoms with E-state index in [-0.39, 0.29) is 8.32 Å². The van der Waals surface area contributed by atoms with Gasteiger partial charge < -0.3 is 60.0 Å². The molecule has 0 aliphatic carbocycles. The number of H-pyrrole nitrogens is 3. The first-order chi connectivity index (χ1) is 60.2. The van der Waals surface area contributed by atoms with Gasteiger partial charge in [0.1, 0.15) is 47.9 Å². The Balaban J connectivity index is -0.0000000581. The third kappa shape index (κ3) is 96.7. The molecule has 3 aromatic heterocycles. The maximum Gasteiger partial charge on any atom is 0.714 e. The van der Waals surface area contributed by atoms with Gasteiger partial charge in [0.25, 0.3) is 0 Å². The SMILES string of the molecule is CC(C)CNCC(C)C.CCOc1ccc(-c2nc3ccccc3[nH]2)cc1.O=[SiH]OO.O=[SiH]O[CH2][Al]([O]CCOc1ccc(-c2nc3ccccc3[nH]2)cc1)[O]CCOc1ccc(-c2nc3ccccc3[nH]2)cc1.OO.OO.OO.OO.OO.OO.OO.OO.OO.OO.OO.OO.OO.OO.OO.OO.OO.OO.OO.OO.OO.OO.OO.OO.[HH].[HH]. The summed E-state index contributed by atoms with van der Waals surface area (Å²) in [6.07, 6.45) is 0. The number of hydrogen-bond acceptors (Lipinski definition) is 62. The lowest BCUT2D eigenvalue weighted by molar-refractivity contribution is -0.176. The fourth-order valence-corrected chi connectivity index (χ4v) is 9.11. The lowest BCUT2D eigenvalue weighted by Crippen LogP contribution is -2.32. The number of aromatic nitrogens is 6. The Bertz CT molecular complexity index is 2890. The van der Waals surface area contributed by atoms with E-state index < -0.39 is 34.1 Å². The minimum atomic E-state index is -2.22. The molecule has 0 atom stereocenters. The van der Waals surface area contributed by atoms with Gasteiger partial charge in [-0.1, -0.05) is 64.1 Å². The average molecular weight is 1870 g/mol. The summed E-state index contributed by atoms with van der Waals surface area (Å²) in [6.45, 7) is 15.2. The second-order valence-electron chi connectivity index (χ2n) is 17.3. The van der Waals surface area contributed by atoms with Crippen molar-refractivity contribution in [3.63, 3.8) is 0 Å². The molecule has 65 nitrogen and oxygen atoms in total. The molecule has 0 spiro atoms. The van der Waals surface area contributed by atoms with Crippen LogP contribution in [-0.2, 0) is 25.5 Å². The summed E-state index contributed by atoms with van der Waals surface area (Å²) in [5.41, 5.74) is 9.11. The molecule has 0 saturated heterocycles. The third-order valence-electron chi connectivity index (χ3n) is 10.6. The van der Waals surface area contributed by atoms with Crippen molar-refractivity contribution in [3.8, 4) is 51.4 Å². The Labute approximate surface area is 695 Å². The van der Waals surface area contributed by atoms with Gasteiger partial charge in [0.15, 0.2) is 0 Å². The molecule has 6 aromatic carbocycles. The van der Waals surface area contributed by atoms with E-state index >= 15 is 0 Å². The van der Waals surface area contributed by atoms with Crippen LogP contribution in [0, 0.1) is 11.8 Å². The van der Waals surface area contributed by atoms with Crippen LogP contribution in [0.1, 0.15) is 37.5 Å². The number of hydrogen-bond donors (Lipinski definition) is 53. The van der Waals surface area contributed by atoms with Crippen molar-refractivity contribution in [2.45, 2.75) is 34.6 Å². The maximum atomic E-state index is 10.9. The molecule has 3 heterocycles. The van der Waals surface area contributed by atoms with Gasteiger partial charge in [0.05, 0.1) is 58.4 Å². The second kappa shape index (κ2) is 160. The van der Waals surface area contributed by atoms with Crippen LogP contribution in [0.5, 0.6) is 17.2 Å². The summed E-state index contributed by atoms with van der Waals surface area (Å²) in [6, 6.07) is 47.3. The van der Waals surface area contributed by atoms with E-state index in [4.69, 9.17) is 288 Å². The molecule has 0 aliphatic heterocycles. The number of imidazole rings is 3. The summed E-state index contributed by atoms with van der Waals surface area (Å²) in [4.78, 5) is 23.8. The van der Waals surface area contributed by atoms with E-state index in [1.807, 2.05) is 153 Å². The molecular weight excluding hydrogens is 1760 g/mol. The van der Waals surface area contributed by atoms with E-state index in [0.717, 1.165) is 109 Å². The zero-order valence-electron chi connectivity index (χ0n) is 63.8.